The van der Waals surface area contributed by atoms with E-state index in [0.29, 0.717) is 17.1 Å². The molecule has 3 heterocycles. The van der Waals surface area contributed by atoms with Gasteiger partial charge in [0.2, 0.25) is 0 Å². The van der Waals surface area contributed by atoms with Gasteiger partial charge >= 0.3 is 12.1 Å². The fourth-order valence-corrected chi connectivity index (χ4v) is 3.26. The van der Waals surface area contributed by atoms with Crippen LogP contribution in [0.3, 0.4) is 0 Å². The van der Waals surface area contributed by atoms with Gasteiger partial charge in [0.1, 0.15) is 5.82 Å². The first-order valence-electron chi connectivity index (χ1n) is 9.64. The Morgan fingerprint density at radius 3 is 2.73 bits per heavy atom. The lowest BCUT2D eigenvalue weighted by molar-refractivity contribution is -0.138. The van der Waals surface area contributed by atoms with Gasteiger partial charge in [0, 0.05) is 23.9 Å². The van der Waals surface area contributed by atoms with E-state index in [-0.39, 0.29) is 30.2 Å². The molecule has 0 fully saturated rings. The van der Waals surface area contributed by atoms with Crippen LogP contribution in [-0.4, -0.2) is 35.8 Å². The van der Waals surface area contributed by atoms with Crippen LogP contribution >= 0.6 is 0 Å². The number of hydrogen-bond donors (Lipinski definition) is 2. The van der Waals surface area contributed by atoms with Crippen molar-refractivity contribution in [3.8, 4) is 11.5 Å². The largest absolute Gasteiger partial charge is 0.481 e. The summed E-state index contributed by atoms with van der Waals surface area (Å²) in [5.41, 5.74) is 6.06. The fourth-order valence-electron chi connectivity index (χ4n) is 3.26. The third-order valence-electron chi connectivity index (χ3n) is 4.83. The standard InChI is InChI=1S/C21H17F3N6O3/c22-21(23,24)14-3-1-2-12(6-14)20-28-18(29-33-20)10-30-9-16(27-11-30)15(7-19(31)32)13-4-5-17(25)26-8-13/h1-6,8-9,11,15H,7,10H2,(H2,25,26)(H,31,32). The highest BCUT2D eigenvalue weighted by molar-refractivity contribution is 5.68. The Morgan fingerprint density at radius 1 is 1.21 bits per heavy atom. The molecule has 3 N–H and O–H groups in total. The Bertz CT molecular complexity index is 1270. The smallest absolute Gasteiger partial charge is 0.416 e. The minimum Gasteiger partial charge on any atom is -0.481 e. The van der Waals surface area contributed by atoms with E-state index in [4.69, 9.17) is 10.3 Å². The predicted molar refractivity (Wildman–Crippen MR) is 109 cm³/mol. The summed E-state index contributed by atoms with van der Waals surface area (Å²) in [5, 5.41) is 13.1. The number of pyridine rings is 1. The van der Waals surface area contributed by atoms with Crippen molar-refractivity contribution in [1.29, 1.82) is 0 Å². The molecule has 3 aromatic heterocycles. The van der Waals surface area contributed by atoms with Gasteiger partial charge in [0.15, 0.2) is 5.82 Å². The van der Waals surface area contributed by atoms with Crippen LogP contribution in [0.1, 0.15) is 35.0 Å². The van der Waals surface area contributed by atoms with E-state index in [0.717, 1.165) is 12.1 Å². The monoisotopic (exact) mass is 458 g/mol. The predicted octanol–water partition coefficient (Wildman–Crippen LogP) is 3.58. The summed E-state index contributed by atoms with van der Waals surface area (Å²) in [5.74, 6) is -1.08. The number of carboxylic acids is 1. The number of anilines is 1. The highest BCUT2D eigenvalue weighted by Crippen LogP contribution is 2.32. The van der Waals surface area contributed by atoms with Crippen molar-refractivity contribution in [1.82, 2.24) is 24.7 Å². The molecule has 4 aromatic rings. The van der Waals surface area contributed by atoms with E-state index >= 15 is 0 Å². The molecule has 0 aliphatic rings. The van der Waals surface area contributed by atoms with Crippen molar-refractivity contribution in [3.05, 3.63) is 77.8 Å². The minimum absolute atomic E-state index is 0.0480. The number of rotatable bonds is 7. The number of carbonyl (C=O) groups is 1. The van der Waals surface area contributed by atoms with Crippen LogP contribution in [0.25, 0.3) is 11.5 Å². The molecular weight excluding hydrogens is 441 g/mol. The molecule has 0 radical (unpaired) electrons. The average Bonchev–Trinajstić information content (AvgIpc) is 3.42. The summed E-state index contributed by atoms with van der Waals surface area (Å²) in [4.78, 5) is 23.8. The van der Waals surface area contributed by atoms with Gasteiger partial charge in [-0.25, -0.2) is 9.97 Å². The zero-order chi connectivity index (χ0) is 23.6. The number of aromatic nitrogens is 5. The number of halogens is 3. The van der Waals surface area contributed by atoms with Crippen molar-refractivity contribution in [2.24, 2.45) is 0 Å². The van der Waals surface area contributed by atoms with E-state index in [2.05, 4.69) is 20.1 Å². The van der Waals surface area contributed by atoms with Crippen LogP contribution in [0, 0.1) is 0 Å². The number of nitrogens with two attached hydrogens (primary N) is 1. The summed E-state index contributed by atoms with van der Waals surface area (Å²) in [6.07, 6.45) is -0.0644. The lowest BCUT2D eigenvalue weighted by Crippen LogP contribution is -2.09. The Balaban J connectivity index is 1.53. The van der Waals surface area contributed by atoms with Crippen LogP contribution in [0.5, 0.6) is 0 Å². The molecule has 1 atom stereocenters. The molecule has 33 heavy (non-hydrogen) atoms. The Labute approximate surface area is 184 Å². The van der Waals surface area contributed by atoms with Crippen molar-refractivity contribution in [2.75, 3.05) is 5.73 Å². The molecule has 1 aromatic carbocycles. The topological polar surface area (TPSA) is 133 Å². The van der Waals surface area contributed by atoms with E-state index < -0.39 is 23.6 Å². The maximum absolute atomic E-state index is 12.9. The van der Waals surface area contributed by atoms with E-state index in [9.17, 15) is 23.1 Å². The highest BCUT2D eigenvalue weighted by atomic mass is 19.4. The first-order chi connectivity index (χ1) is 15.7. The normalized spacial score (nSPS) is 12.6. The van der Waals surface area contributed by atoms with Crippen molar-refractivity contribution in [3.63, 3.8) is 0 Å². The second-order valence-corrected chi connectivity index (χ2v) is 7.23. The highest BCUT2D eigenvalue weighted by Gasteiger charge is 2.31. The van der Waals surface area contributed by atoms with Crippen molar-refractivity contribution in [2.45, 2.75) is 25.1 Å². The number of benzene rings is 1. The van der Waals surface area contributed by atoms with Crippen molar-refractivity contribution >= 4 is 11.8 Å². The molecule has 0 aliphatic heterocycles. The molecule has 0 amide bonds. The minimum atomic E-state index is -4.49. The lowest BCUT2D eigenvalue weighted by atomic mass is 9.94. The molecule has 170 valence electrons. The Morgan fingerprint density at radius 2 is 2.03 bits per heavy atom. The number of nitrogens with zero attached hydrogens (tertiary/aromatic N) is 5. The molecule has 1 unspecified atom stereocenters. The second kappa shape index (κ2) is 8.73. The van der Waals surface area contributed by atoms with Gasteiger partial charge in [-0.3, -0.25) is 4.79 Å². The molecule has 0 saturated carbocycles. The molecule has 0 bridgehead atoms. The first-order valence-corrected chi connectivity index (χ1v) is 9.64. The summed E-state index contributed by atoms with van der Waals surface area (Å²) in [6, 6.07) is 7.87. The Kier molecular flexibility index (Phi) is 5.82. The van der Waals surface area contributed by atoms with Gasteiger partial charge in [-0.2, -0.15) is 18.2 Å². The molecule has 0 spiro atoms. The third kappa shape index (κ3) is 5.17. The Hall–Kier alpha value is -4.22. The van der Waals surface area contributed by atoms with Crippen LogP contribution in [0.4, 0.5) is 19.0 Å². The second-order valence-electron chi connectivity index (χ2n) is 7.23. The number of alkyl halides is 3. The number of hydrogen-bond acceptors (Lipinski definition) is 7. The van der Waals surface area contributed by atoms with E-state index in [1.165, 1.54) is 24.7 Å². The molecule has 12 heteroatoms. The molecule has 9 nitrogen and oxygen atoms in total. The van der Waals surface area contributed by atoms with Crippen LogP contribution in [-0.2, 0) is 17.5 Å². The number of nitrogen functional groups attached to an aromatic ring is 1. The molecule has 0 aliphatic carbocycles. The average molecular weight is 458 g/mol. The quantitative estimate of drug-likeness (QED) is 0.429. The van der Waals surface area contributed by atoms with E-state index in [1.807, 2.05) is 0 Å². The van der Waals surface area contributed by atoms with Gasteiger partial charge in [0.05, 0.1) is 30.6 Å². The number of carboxylic acid groups (broad SMARTS) is 1. The fraction of sp³-hybridized carbons (Fsp3) is 0.190. The van der Waals surface area contributed by atoms with Gasteiger partial charge < -0.3 is 19.9 Å². The number of imidazole rings is 1. The summed E-state index contributed by atoms with van der Waals surface area (Å²) < 4.78 is 45.6. The maximum Gasteiger partial charge on any atom is 0.416 e. The summed E-state index contributed by atoms with van der Waals surface area (Å²) in [6.45, 7) is 0.120. The van der Waals surface area contributed by atoms with Gasteiger partial charge in [0.25, 0.3) is 5.89 Å². The SMILES string of the molecule is Nc1ccc(C(CC(=O)O)c2cn(Cc3noc(-c4cccc(C(F)(F)F)c4)n3)cn2)cn1. The maximum atomic E-state index is 12.9. The van der Waals surface area contributed by atoms with Gasteiger partial charge in [-0.05, 0) is 29.8 Å². The van der Waals surface area contributed by atoms with Crippen LogP contribution in [0.15, 0.2) is 59.6 Å². The zero-order valence-electron chi connectivity index (χ0n) is 16.9. The van der Waals surface area contributed by atoms with Crippen LogP contribution in [0.2, 0.25) is 0 Å². The summed E-state index contributed by atoms with van der Waals surface area (Å²) >= 11 is 0. The first kappa shape index (κ1) is 22.0. The van der Waals surface area contributed by atoms with Gasteiger partial charge in [-0.1, -0.05) is 17.3 Å². The third-order valence-corrected chi connectivity index (χ3v) is 4.83. The van der Waals surface area contributed by atoms with Crippen molar-refractivity contribution < 1.29 is 27.6 Å². The lowest BCUT2D eigenvalue weighted by Gasteiger charge is -2.12. The molecular formula is C21H17F3N6O3. The van der Waals surface area contributed by atoms with E-state index in [1.54, 1.807) is 22.9 Å². The zero-order valence-corrected chi connectivity index (χ0v) is 16.9. The number of aliphatic carboxylic acids is 1. The molecule has 4 rings (SSSR count). The van der Waals surface area contributed by atoms with Crippen LogP contribution < -0.4 is 5.73 Å². The summed E-state index contributed by atoms with van der Waals surface area (Å²) in [7, 11) is 0. The van der Waals surface area contributed by atoms with Gasteiger partial charge in [-0.15, -0.1) is 0 Å². The molecule has 0 saturated heterocycles.